The molecule has 0 radical (unpaired) electrons. The third kappa shape index (κ3) is 5.96. The smallest absolute Gasteiger partial charge is 0.167 e. The Kier molecular flexibility index (Phi) is 6.65. The lowest BCUT2D eigenvalue weighted by atomic mass is 10.2. The number of rotatable bonds is 8. The zero-order valence-electron chi connectivity index (χ0n) is 11.0. The molecule has 0 aromatic heterocycles. The van der Waals surface area contributed by atoms with Gasteiger partial charge in [0.15, 0.2) is 11.6 Å². The Hall–Kier alpha value is -1.16. The molecule has 4 heteroatoms. The maximum absolute atomic E-state index is 13.2. The number of halogens is 2. The highest BCUT2D eigenvalue weighted by Crippen LogP contribution is 2.17. The summed E-state index contributed by atoms with van der Waals surface area (Å²) in [6.07, 6.45) is 1.83. The maximum Gasteiger partial charge on any atom is 0.167 e. The van der Waals surface area contributed by atoms with Gasteiger partial charge in [-0.3, -0.25) is 0 Å². The number of ether oxygens (including phenoxy) is 1. The van der Waals surface area contributed by atoms with Crippen LogP contribution >= 0.6 is 0 Å². The second-order valence-electron chi connectivity index (χ2n) is 4.73. The van der Waals surface area contributed by atoms with Gasteiger partial charge in [0, 0.05) is 6.07 Å². The molecule has 0 atom stereocenters. The van der Waals surface area contributed by atoms with Crippen LogP contribution in [0.5, 0.6) is 5.75 Å². The lowest BCUT2D eigenvalue weighted by Gasteiger charge is -2.08. The first-order valence-corrected chi connectivity index (χ1v) is 6.38. The fraction of sp³-hybridized carbons (Fsp3) is 0.571. The molecule has 0 fully saturated rings. The molecule has 0 unspecified atom stereocenters. The summed E-state index contributed by atoms with van der Waals surface area (Å²) in [4.78, 5) is 0. The van der Waals surface area contributed by atoms with Crippen LogP contribution < -0.4 is 10.1 Å². The molecule has 0 spiro atoms. The van der Waals surface area contributed by atoms with Gasteiger partial charge in [-0.25, -0.2) is 8.78 Å². The van der Waals surface area contributed by atoms with Crippen LogP contribution in [0.4, 0.5) is 8.78 Å². The van der Waals surface area contributed by atoms with Crippen LogP contribution in [0.2, 0.25) is 0 Å². The van der Waals surface area contributed by atoms with E-state index in [1.54, 1.807) is 0 Å². The zero-order valence-corrected chi connectivity index (χ0v) is 11.0. The van der Waals surface area contributed by atoms with Crippen LogP contribution in [0.15, 0.2) is 18.2 Å². The number of unbranched alkanes of at least 4 members (excludes halogenated alkanes) is 1. The van der Waals surface area contributed by atoms with Crippen LogP contribution in [0.3, 0.4) is 0 Å². The van der Waals surface area contributed by atoms with Crippen molar-refractivity contribution in [1.29, 1.82) is 0 Å². The van der Waals surface area contributed by atoms with E-state index in [0.29, 0.717) is 12.5 Å². The van der Waals surface area contributed by atoms with Gasteiger partial charge in [-0.15, -0.1) is 0 Å². The molecule has 1 aromatic rings. The molecule has 18 heavy (non-hydrogen) atoms. The summed E-state index contributed by atoms with van der Waals surface area (Å²) in [5.41, 5.74) is 0. The van der Waals surface area contributed by atoms with Gasteiger partial charge >= 0.3 is 0 Å². The van der Waals surface area contributed by atoms with E-state index in [1.165, 1.54) is 12.1 Å². The molecular formula is C14H21F2NO. The van der Waals surface area contributed by atoms with Crippen LogP contribution in [0.25, 0.3) is 0 Å². The van der Waals surface area contributed by atoms with Crippen LogP contribution in [0.1, 0.15) is 26.7 Å². The van der Waals surface area contributed by atoms with E-state index in [0.717, 1.165) is 32.0 Å². The van der Waals surface area contributed by atoms with Crippen molar-refractivity contribution in [2.45, 2.75) is 26.7 Å². The number of hydrogen-bond donors (Lipinski definition) is 1. The number of benzene rings is 1. The highest BCUT2D eigenvalue weighted by Gasteiger charge is 2.04. The molecule has 0 saturated carbocycles. The topological polar surface area (TPSA) is 21.3 Å². The van der Waals surface area contributed by atoms with Crippen molar-refractivity contribution in [2.24, 2.45) is 5.92 Å². The average molecular weight is 257 g/mol. The Morgan fingerprint density at radius 1 is 1.22 bits per heavy atom. The number of hydrogen-bond acceptors (Lipinski definition) is 2. The van der Waals surface area contributed by atoms with Gasteiger partial charge in [-0.05, 0) is 44.0 Å². The Bertz CT molecular complexity index is 356. The minimum atomic E-state index is -0.645. The lowest BCUT2D eigenvalue weighted by Crippen LogP contribution is -2.21. The fourth-order valence-electron chi connectivity index (χ4n) is 1.52. The molecule has 1 rings (SSSR count). The molecule has 0 saturated heterocycles. The van der Waals surface area contributed by atoms with E-state index in [9.17, 15) is 8.78 Å². The maximum atomic E-state index is 13.2. The highest BCUT2D eigenvalue weighted by molar-refractivity contribution is 5.24. The second kappa shape index (κ2) is 8.03. The average Bonchev–Trinajstić information content (AvgIpc) is 2.30. The monoisotopic (exact) mass is 257 g/mol. The number of nitrogens with one attached hydrogen (secondary N) is 1. The summed E-state index contributed by atoms with van der Waals surface area (Å²) in [6.45, 7) is 6.72. The molecule has 1 aromatic carbocycles. The van der Waals surface area contributed by atoms with Gasteiger partial charge in [0.2, 0.25) is 0 Å². The lowest BCUT2D eigenvalue weighted by molar-refractivity contribution is 0.290. The van der Waals surface area contributed by atoms with Gasteiger partial charge in [-0.1, -0.05) is 13.8 Å². The van der Waals surface area contributed by atoms with Gasteiger partial charge < -0.3 is 10.1 Å². The van der Waals surface area contributed by atoms with Crippen LogP contribution in [-0.4, -0.2) is 19.7 Å². The summed E-state index contributed by atoms with van der Waals surface area (Å²) >= 11 is 0. The summed E-state index contributed by atoms with van der Waals surface area (Å²) in [5, 5.41) is 3.32. The molecule has 0 heterocycles. The van der Waals surface area contributed by atoms with Crippen molar-refractivity contribution >= 4 is 0 Å². The summed E-state index contributed by atoms with van der Waals surface area (Å²) in [5.74, 6) is -0.466. The third-order valence-electron chi connectivity index (χ3n) is 2.45. The van der Waals surface area contributed by atoms with Gasteiger partial charge in [0.25, 0.3) is 0 Å². The van der Waals surface area contributed by atoms with Gasteiger partial charge in [0.05, 0.1) is 6.61 Å². The molecule has 0 bridgehead atoms. The minimum absolute atomic E-state index is 0.117. The Balaban J connectivity index is 2.11. The van der Waals surface area contributed by atoms with Crippen molar-refractivity contribution < 1.29 is 13.5 Å². The van der Waals surface area contributed by atoms with Crippen molar-refractivity contribution in [3.63, 3.8) is 0 Å². The first-order valence-electron chi connectivity index (χ1n) is 6.38. The first-order chi connectivity index (χ1) is 8.59. The van der Waals surface area contributed by atoms with E-state index < -0.39 is 11.6 Å². The van der Waals surface area contributed by atoms with Crippen molar-refractivity contribution in [2.75, 3.05) is 19.7 Å². The van der Waals surface area contributed by atoms with Crippen molar-refractivity contribution in [3.8, 4) is 5.75 Å². The zero-order chi connectivity index (χ0) is 13.4. The van der Waals surface area contributed by atoms with E-state index in [1.807, 2.05) is 0 Å². The largest absolute Gasteiger partial charge is 0.491 e. The third-order valence-corrected chi connectivity index (χ3v) is 2.45. The SMILES string of the molecule is CC(C)CNCCCCOc1ccc(F)cc1F. The molecule has 0 aliphatic carbocycles. The predicted molar refractivity (Wildman–Crippen MR) is 68.8 cm³/mol. The Morgan fingerprint density at radius 2 is 2.00 bits per heavy atom. The molecule has 0 aliphatic rings. The fourth-order valence-corrected chi connectivity index (χ4v) is 1.52. The molecule has 102 valence electrons. The Morgan fingerprint density at radius 3 is 2.67 bits per heavy atom. The molecule has 2 nitrogen and oxygen atoms in total. The molecule has 0 aliphatic heterocycles. The molecule has 0 amide bonds. The first kappa shape index (κ1) is 14.9. The van der Waals surface area contributed by atoms with Gasteiger partial charge in [0.1, 0.15) is 5.82 Å². The Labute approximate surface area is 107 Å². The van der Waals surface area contributed by atoms with Crippen molar-refractivity contribution in [3.05, 3.63) is 29.8 Å². The minimum Gasteiger partial charge on any atom is -0.491 e. The van der Waals surface area contributed by atoms with Gasteiger partial charge in [-0.2, -0.15) is 0 Å². The molecular weight excluding hydrogens is 236 g/mol. The molecule has 1 N–H and O–H groups in total. The highest BCUT2D eigenvalue weighted by atomic mass is 19.1. The van der Waals surface area contributed by atoms with Crippen LogP contribution in [0, 0.1) is 17.6 Å². The summed E-state index contributed by atoms with van der Waals surface area (Å²) in [6, 6.07) is 3.35. The quantitative estimate of drug-likeness (QED) is 0.721. The normalized spacial score (nSPS) is 10.9. The predicted octanol–water partition coefficient (Wildman–Crippen LogP) is 3.37. The van der Waals surface area contributed by atoms with E-state index in [2.05, 4.69) is 19.2 Å². The van der Waals surface area contributed by atoms with Crippen molar-refractivity contribution in [1.82, 2.24) is 5.32 Å². The van der Waals surface area contributed by atoms with E-state index in [-0.39, 0.29) is 5.75 Å². The second-order valence-corrected chi connectivity index (χ2v) is 4.73. The van der Waals surface area contributed by atoms with E-state index in [4.69, 9.17) is 4.74 Å². The summed E-state index contributed by atoms with van der Waals surface area (Å²) in [7, 11) is 0. The van der Waals surface area contributed by atoms with Crippen LogP contribution in [-0.2, 0) is 0 Å². The standard InChI is InChI=1S/C14H21F2NO/c1-11(2)10-17-7-3-4-8-18-14-6-5-12(15)9-13(14)16/h5-6,9,11,17H,3-4,7-8,10H2,1-2H3. The van der Waals surface area contributed by atoms with E-state index >= 15 is 0 Å². The summed E-state index contributed by atoms with van der Waals surface area (Å²) < 4.78 is 31.1.